The molecule has 2 rings (SSSR count). The van der Waals surface area contributed by atoms with Crippen molar-refractivity contribution in [3.63, 3.8) is 0 Å². The van der Waals surface area contributed by atoms with Crippen molar-refractivity contribution >= 4 is 17.9 Å². The number of aromatic nitrogens is 1. The molecule has 2 amide bonds. The SMILES string of the molecule is CNC(=O)c1ccc(CN(C)C(=O)/C=C/c2cccnc2)cc1. The molecule has 0 saturated carbocycles. The van der Waals surface area contributed by atoms with Crippen LogP contribution in [0.3, 0.4) is 0 Å². The van der Waals surface area contributed by atoms with Crippen molar-refractivity contribution in [3.8, 4) is 0 Å². The Hall–Kier alpha value is -2.95. The molecule has 1 aromatic carbocycles. The molecule has 0 spiro atoms. The summed E-state index contributed by atoms with van der Waals surface area (Å²) in [5.74, 6) is -0.218. The Balaban J connectivity index is 1.95. The Morgan fingerprint density at radius 1 is 1.22 bits per heavy atom. The van der Waals surface area contributed by atoms with E-state index in [1.807, 2.05) is 24.3 Å². The summed E-state index contributed by atoms with van der Waals surface area (Å²) in [5.41, 5.74) is 2.44. The standard InChI is InChI=1S/C18H19N3O2/c1-19-18(23)16-8-5-15(6-9-16)13-21(2)17(22)10-7-14-4-3-11-20-12-14/h3-12H,13H2,1-2H3,(H,19,23)/b10-7+. The van der Waals surface area contributed by atoms with Crippen molar-refractivity contribution < 1.29 is 9.59 Å². The van der Waals surface area contributed by atoms with E-state index in [1.165, 1.54) is 6.08 Å². The second-order valence-corrected chi connectivity index (χ2v) is 5.09. The number of hydrogen-bond donors (Lipinski definition) is 1. The highest BCUT2D eigenvalue weighted by Gasteiger charge is 2.07. The van der Waals surface area contributed by atoms with E-state index in [1.54, 1.807) is 49.6 Å². The first-order valence-corrected chi connectivity index (χ1v) is 7.24. The lowest BCUT2D eigenvalue weighted by atomic mass is 10.1. The Kier molecular flexibility index (Phi) is 5.63. The van der Waals surface area contributed by atoms with Gasteiger partial charge in [0.2, 0.25) is 5.91 Å². The molecule has 0 aliphatic carbocycles. The fourth-order valence-corrected chi connectivity index (χ4v) is 2.03. The van der Waals surface area contributed by atoms with Crippen LogP contribution in [0, 0.1) is 0 Å². The lowest BCUT2D eigenvalue weighted by molar-refractivity contribution is -0.125. The number of carbonyl (C=O) groups is 2. The molecule has 0 saturated heterocycles. The average molecular weight is 309 g/mol. The number of nitrogens with one attached hydrogen (secondary N) is 1. The van der Waals surface area contributed by atoms with Gasteiger partial charge in [0.05, 0.1) is 0 Å². The first-order chi connectivity index (χ1) is 11.1. The van der Waals surface area contributed by atoms with Crippen LogP contribution < -0.4 is 5.32 Å². The van der Waals surface area contributed by atoms with Crippen LogP contribution in [-0.2, 0) is 11.3 Å². The molecular formula is C18H19N3O2. The predicted octanol–water partition coefficient (Wildman–Crippen LogP) is 2.11. The Labute approximate surface area is 135 Å². The van der Waals surface area contributed by atoms with Gasteiger partial charge in [-0.05, 0) is 35.4 Å². The van der Waals surface area contributed by atoms with E-state index in [0.29, 0.717) is 12.1 Å². The minimum Gasteiger partial charge on any atom is -0.355 e. The molecule has 1 heterocycles. The maximum atomic E-state index is 12.1. The molecule has 0 atom stereocenters. The average Bonchev–Trinajstić information content (AvgIpc) is 2.60. The fourth-order valence-electron chi connectivity index (χ4n) is 2.03. The second kappa shape index (κ2) is 7.89. The van der Waals surface area contributed by atoms with Crippen LogP contribution in [0.2, 0.25) is 0 Å². The van der Waals surface area contributed by atoms with Crippen LogP contribution in [0.1, 0.15) is 21.5 Å². The molecule has 2 aromatic rings. The highest BCUT2D eigenvalue weighted by molar-refractivity contribution is 5.94. The Morgan fingerprint density at radius 3 is 2.57 bits per heavy atom. The van der Waals surface area contributed by atoms with E-state index < -0.39 is 0 Å². The van der Waals surface area contributed by atoms with E-state index in [4.69, 9.17) is 0 Å². The lowest BCUT2D eigenvalue weighted by Gasteiger charge is -2.15. The molecule has 0 radical (unpaired) electrons. The quantitative estimate of drug-likeness (QED) is 0.861. The zero-order valence-corrected chi connectivity index (χ0v) is 13.2. The first-order valence-electron chi connectivity index (χ1n) is 7.24. The lowest BCUT2D eigenvalue weighted by Crippen LogP contribution is -2.24. The number of likely N-dealkylation sites (N-methyl/N-ethyl adjacent to an activating group) is 1. The largest absolute Gasteiger partial charge is 0.355 e. The smallest absolute Gasteiger partial charge is 0.251 e. The van der Waals surface area contributed by atoms with E-state index in [2.05, 4.69) is 10.3 Å². The third kappa shape index (κ3) is 4.78. The number of rotatable bonds is 5. The maximum Gasteiger partial charge on any atom is 0.251 e. The van der Waals surface area contributed by atoms with Crippen LogP contribution in [0.15, 0.2) is 54.9 Å². The number of carbonyl (C=O) groups excluding carboxylic acids is 2. The molecular weight excluding hydrogens is 290 g/mol. The zero-order valence-electron chi connectivity index (χ0n) is 13.2. The molecule has 0 aliphatic heterocycles. The molecule has 1 N–H and O–H groups in total. The van der Waals surface area contributed by atoms with Gasteiger partial charge in [-0.3, -0.25) is 14.6 Å². The molecule has 5 heteroatoms. The number of hydrogen-bond acceptors (Lipinski definition) is 3. The molecule has 23 heavy (non-hydrogen) atoms. The number of pyridine rings is 1. The number of nitrogens with zero attached hydrogens (tertiary/aromatic N) is 2. The summed E-state index contributed by atoms with van der Waals surface area (Å²) < 4.78 is 0. The van der Waals surface area contributed by atoms with Crippen molar-refractivity contribution in [1.82, 2.24) is 15.2 Å². The summed E-state index contributed by atoms with van der Waals surface area (Å²) in [6, 6.07) is 10.9. The van der Waals surface area contributed by atoms with Gasteiger partial charge in [-0.25, -0.2) is 0 Å². The van der Waals surface area contributed by atoms with Crippen molar-refractivity contribution in [2.75, 3.05) is 14.1 Å². The van der Waals surface area contributed by atoms with Crippen LogP contribution in [0.5, 0.6) is 0 Å². The zero-order chi connectivity index (χ0) is 16.7. The fraction of sp³-hybridized carbons (Fsp3) is 0.167. The van der Waals surface area contributed by atoms with Gasteiger partial charge in [-0.1, -0.05) is 18.2 Å². The van der Waals surface area contributed by atoms with E-state index in [9.17, 15) is 9.59 Å². The normalized spacial score (nSPS) is 10.5. The molecule has 0 bridgehead atoms. The van der Waals surface area contributed by atoms with Crippen LogP contribution >= 0.6 is 0 Å². The van der Waals surface area contributed by atoms with E-state index >= 15 is 0 Å². The molecule has 0 unspecified atom stereocenters. The Morgan fingerprint density at radius 2 is 1.96 bits per heavy atom. The van der Waals surface area contributed by atoms with Gasteiger partial charge in [0.25, 0.3) is 5.91 Å². The topological polar surface area (TPSA) is 62.3 Å². The third-order valence-electron chi connectivity index (χ3n) is 3.34. The van der Waals surface area contributed by atoms with Crippen LogP contribution in [-0.4, -0.2) is 35.8 Å². The summed E-state index contributed by atoms with van der Waals surface area (Å²) in [4.78, 5) is 29.2. The first kappa shape index (κ1) is 16.4. The Bertz CT molecular complexity index is 694. The summed E-state index contributed by atoms with van der Waals surface area (Å²) in [6.45, 7) is 0.476. The van der Waals surface area contributed by atoms with Crippen molar-refractivity contribution in [1.29, 1.82) is 0 Å². The van der Waals surface area contributed by atoms with E-state index in [-0.39, 0.29) is 11.8 Å². The summed E-state index contributed by atoms with van der Waals surface area (Å²) in [5, 5.41) is 2.57. The van der Waals surface area contributed by atoms with Crippen LogP contribution in [0.25, 0.3) is 6.08 Å². The summed E-state index contributed by atoms with van der Waals surface area (Å²) >= 11 is 0. The highest BCUT2D eigenvalue weighted by atomic mass is 16.2. The van der Waals surface area contributed by atoms with Gasteiger partial charge >= 0.3 is 0 Å². The van der Waals surface area contributed by atoms with Gasteiger partial charge in [0, 0.05) is 44.7 Å². The van der Waals surface area contributed by atoms with Crippen molar-refractivity contribution in [2.24, 2.45) is 0 Å². The van der Waals surface area contributed by atoms with Gasteiger partial charge < -0.3 is 10.2 Å². The molecule has 118 valence electrons. The van der Waals surface area contributed by atoms with Crippen LogP contribution in [0.4, 0.5) is 0 Å². The molecule has 0 fully saturated rings. The van der Waals surface area contributed by atoms with Gasteiger partial charge in [-0.2, -0.15) is 0 Å². The van der Waals surface area contributed by atoms with Gasteiger partial charge in [0.1, 0.15) is 0 Å². The van der Waals surface area contributed by atoms with E-state index in [0.717, 1.165) is 11.1 Å². The maximum absolute atomic E-state index is 12.1. The minimum absolute atomic E-state index is 0.0933. The molecule has 1 aromatic heterocycles. The number of benzene rings is 1. The minimum atomic E-state index is -0.125. The molecule has 0 aliphatic rings. The monoisotopic (exact) mass is 309 g/mol. The third-order valence-corrected chi connectivity index (χ3v) is 3.34. The van der Waals surface area contributed by atoms with Gasteiger partial charge in [0.15, 0.2) is 0 Å². The van der Waals surface area contributed by atoms with Crippen molar-refractivity contribution in [2.45, 2.75) is 6.54 Å². The second-order valence-electron chi connectivity index (χ2n) is 5.09. The van der Waals surface area contributed by atoms with Gasteiger partial charge in [-0.15, -0.1) is 0 Å². The predicted molar refractivity (Wildman–Crippen MR) is 89.6 cm³/mol. The summed E-state index contributed by atoms with van der Waals surface area (Å²) in [6.07, 6.45) is 6.64. The van der Waals surface area contributed by atoms with Crippen molar-refractivity contribution in [3.05, 3.63) is 71.6 Å². The highest BCUT2D eigenvalue weighted by Crippen LogP contribution is 2.08. The number of amides is 2. The molecule has 5 nitrogen and oxygen atoms in total. The summed E-state index contributed by atoms with van der Waals surface area (Å²) in [7, 11) is 3.33.